The van der Waals surface area contributed by atoms with Crippen molar-refractivity contribution in [2.24, 2.45) is 0 Å². The fourth-order valence-corrected chi connectivity index (χ4v) is 1.98. The zero-order valence-electron chi connectivity index (χ0n) is 19.0. The van der Waals surface area contributed by atoms with E-state index in [9.17, 15) is 4.79 Å². The van der Waals surface area contributed by atoms with E-state index < -0.39 is 0 Å². The summed E-state index contributed by atoms with van der Waals surface area (Å²) < 4.78 is 15.5. The van der Waals surface area contributed by atoms with Gasteiger partial charge in [0.25, 0.3) is 0 Å². The van der Waals surface area contributed by atoms with E-state index in [0.717, 1.165) is 37.6 Å². The predicted octanol–water partition coefficient (Wildman–Crippen LogP) is 4.56. The first-order valence-corrected chi connectivity index (χ1v) is 9.93. The largest absolute Gasteiger partial charge is 0.497 e. The van der Waals surface area contributed by atoms with E-state index in [1.54, 1.807) is 32.4 Å². The number of rotatable bonds is 9. The van der Waals surface area contributed by atoms with Crippen molar-refractivity contribution in [2.75, 3.05) is 38.9 Å². The summed E-state index contributed by atoms with van der Waals surface area (Å²) in [4.78, 5) is 19.3. The topological polar surface area (TPSA) is 114 Å². The van der Waals surface area contributed by atoms with Crippen LogP contribution in [0.3, 0.4) is 0 Å². The molecule has 0 saturated heterocycles. The van der Waals surface area contributed by atoms with Gasteiger partial charge in [-0.2, -0.15) is 0 Å². The van der Waals surface area contributed by atoms with E-state index >= 15 is 0 Å². The molecule has 0 atom stereocenters. The Hall–Kier alpha value is -3.32. The molecule has 0 aromatic heterocycles. The monoisotopic (exact) mass is 432 g/mol. The van der Waals surface area contributed by atoms with E-state index in [4.69, 9.17) is 30.5 Å². The number of nitrogens with two attached hydrogens (primary N) is 2. The van der Waals surface area contributed by atoms with Crippen LogP contribution in [0, 0.1) is 0 Å². The number of benzene rings is 2. The van der Waals surface area contributed by atoms with Crippen LogP contribution in [0.5, 0.6) is 11.5 Å². The average molecular weight is 433 g/mol. The lowest BCUT2D eigenvalue weighted by molar-refractivity contribution is -0.104. The highest BCUT2D eigenvalue weighted by Gasteiger charge is 1.95. The molecule has 0 heterocycles. The molecule has 0 aliphatic rings. The van der Waals surface area contributed by atoms with Gasteiger partial charge in [-0.1, -0.05) is 20.4 Å². The van der Waals surface area contributed by atoms with Crippen molar-refractivity contribution in [2.45, 2.75) is 26.7 Å². The Morgan fingerprint density at radius 2 is 1.35 bits per heavy atom. The summed E-state index contributed by atoms with van der Waals surface area (Å²) in [6.45, 7) is 8.64. The number of anilines is 2. The van der Waals surface area contributed by atoms with Crippen LogP contribution in [-0.2, 0) is 9.53 Å². The fraction of sp³-hybridized carbons (Fsp3) is 0.333. The van der Waals surface area contributed by atoms with Crippen molar-refractivity contribution in [3.63, 3.8) is 0 Å². The van der Waals surface area contributed by atoms with Crippen molar-refractivity contribution in [1.82, 2.24) is 0 Å². The summed E-state index contributed by atoms with van der Waals surface area (Å²) in [5.41, 5.74) is 12.3. The summed E-state index contributed by atoms with van der Waals surface area (Å²) in [7, 11) is 3.37. The van der Waals surface area contributed by atoms with Crippen LogP contribution < -0.4 is 20.9 Å². The van der Waals surface area contributed by atoms with Gasteiger partial charge < -0.3 is 25.7 Å². The van der Waals surface area contributed by atoms with Crippen LogP contribution in [0.2, 0.25) is 0 Å². The lowest BCUT2D eigenvalue weighted by Gasteiger charge is -2.06. The van der Waals surface area contributed by atoms with Gasteiger partial charge in [0.15, 0.2) is 0 Å². The molecule has 7 nitrogen and oxygen atoms in total. The van der Waals surface area contributed by atoms with Gasteiger partial charge in [0.05, 0.1) is 13.7 Å². The number of nitrogen functional groups attached to an aromatic ring is 2. The number of aldehydes is 2. The van der Waals surface area contributed by atoms with Gasteiger partial charge in [-0.25, -0.2) is 0 Å². The predicted molar refractivity (Wildman–Crippen MR) is 128 cm³/mol. The zero-order chi connectivity index (χ0) is 23.9. The van der Waals surface area contributed by atoms with Crippen LogP contribution in [-0.4, -0.2) is 40.0 Å². The Morgan fingerprint density at radius 1 is 0.871 bits per heavy atom. The van der Waals surface area contributed by atoms with E-state index in [1.165, 1.54) is 6.08 Å². The minimum absolute atomic E-state index is 0.512. The number of hydrogen-bond donors (Lipinski definition) is 2. The average Bonchev–Trinajstić information content (AvgIpc) is 2.80. The van der Waals surface area contributed by atoms with Crippen molar-refractivity contribution >= 4 is 23.9 Å². The van der Waals surface area contributed by atoms with Crippen LogP contribution in [0.15, 0.2) is 55.1 Å². The lowest BCUT2D eigenvalue weighted by atomic mass is 10.2. The highest BCUT2D eigenvalue weighted by atomic mass is 16.5. The molecular formula is C24H36N2O5. The maximum atomic E-state index is 10.2. The fourth-order valence-electron chi connectivity index (χ4n) is 1.98. The van der Waals surface area contributed by atoms with Crippen molar-refractivity contribution in [1.29, 1.82) is 0 Å². The number of carbonyl (C=O) groups excluding carboxylic acids is 2. The molecule has 2 aromatic rings. The van der Waals surface area contributed by atoms with Gasteiger partial charge in [-0.15, -0.1) is 0 Å². The summed E-state index contributed by atoms with van der Waals surface area (Å²) in [5, 5.41) is 0. The smallest absolute Gasteiger partial charge is 0.150 e. The molecule has 31 heavy (non-hydrogen) atoms. The number of ether oxygens (including phenoxy) is 3. The molecule has 2 aromatic carbocycles. The number of unbranched alkanes of at least 4 members (excludes halogenated alkanes) is 1. The van der Waals surface area contributed by atoms with Gasteiger partial charge in [-0.3, -0.25) is 9.59 Å². The lowest BCUT2D eigenvalue weighted by Crippen LogP contribution is -1.99. The summed E-state index contributed by atoms with van der Waals surface area (Å²) in [5.74, 6) is 1.73. The molecule has 0 fully saturated rings. The Morgan fingerprint density at radius 3 is 1.77 bits per heavy atom. The van der Waals surface area contributed by atoms with Gasteiger partial charge >= 0.3 is 0 Å². The number of methoxy groups -OCH3 is 2. The van der Waals surface area contributed by atoms with Crippen molar-refractivity contribution in [3.05, 3.63) is 60.7 Å². The highest BCUT2D eigenvalue weighted by molar-refractivity contribution is 5.79. The van der Waals surface area contributed by atoms with Crippen LogP contribution in [0.4, 0.5) is 11.4 Å². The second-order valence-corrected chi connectivity index (χ2v) is 5.65. The molecule has 0 saturated carbocycles. The molecule has 0 amide bonds. The Balaban J connectivity index is 0. The first-order valence-electron chi connectivity index (χ1n) is 9.93. The Labute approximate surface area is 186 Å². The molecule has 172 valence electrons. The molecular weight excluding hydrogens is 396 g/mol. The second-order valence-electron chi connectivity index (χ2n) is 5.65. The molecule has 0 spiro atoms. The standard InChI is InChI=1S/C12H18O3.C7H8N2O.C3H4O.C2H6/c1-13-9-3-4-10-15-12-7-5-11(14-2)6-8-12;8-6-1-5(4-10)2-7(9)3-6;1-2-3-4;1-2/h5-8H,3-4,9-10H2,1-2H3;1-4H,8-9H2;2-3H,1H2;1-2H3. The van der Waals surface area contributed by atoms with Gasteiger partial charge in [-0.05, 0) is 61.4 Å². The molecule has 0 aliphatic heterocycles. The number of carbonyl (C=O) groups is 2. The molecule has 0 bridgehead atoms. The normalized spacial score (nSPS) is 8.65. The van der Waals surface area contributed by atoms with Gasteiger partial charge in [0.1, 0.15) is 24.1 Å². The van der Waals surface area contributed by atoms with Gasteiger partial charge in [0, 0.05) is 30.7 Å². The maximum absolute atomic E-state index is 10.2. The van der Waals surface area contributed by atoms with Crippen molar-refractivity contribution in [3.8, 4) is 11.5 Å². The van der Waals surface area contributed by atoms with Crippen LogP contribution in [0.1, 0.15) is 37.0 Å². The SMILES string of the molecule is C=CC=O.CC.COCCCCOc1ccc(OC)cc1.Nc1cc(N)cc(C=O)c1. The minimum Gasteiger partial charge on any atom is -0.497 e. The van der Waals surface area contributed by atoms with E-state index in [0.29, 0.717) is 29.5 Å². The van der Waals surface area contributed by atoms with Gasteiger partial charge in [0.2, 0.25) is 0 Å². The van der Waals surface area contributed by atoms with E-state index in [-0.39, 0.29) is 0 Å². The first kappa shape index (κ1) is 29.9. The molecule has 0 radical (unpaired) electrons. The van der Waals surface area contributed by atoms with E-state index in [1.807, 2.05) is 38.1 Å². The summed E-state index contributed by atoms with van der Waals surface area (Å²) in [6, 6.07) is 12.4. The summed E-state index contributed by atoms with van der Waals surface area (Å²) in [6.07, 6.45) is 4.60. The molecule has 4 N–H and O–H groups in total. The van der Waals surface area contributed by atoms with Crippen LogP contribution in [0.25, 0.3) is 0 Å². The first-order chi connectivity index (χ1) is 15.0. The third-order valence-corrected chi connectivity index (χ3v) is 3.30. The molecule has 0 aliphatic carbocycles. The Bertz CT molecular complexity index is 692. The Kier molecular flexibility index (Phi) is 20.6. The molecule has 2 rings (SSSR count). The number of allylic oxidation sites excluding steroid dienone is 1. The highest BCUT2D eigenvalue weighted by Crippen LogP contribution is 2.17. The second kappa shape index (κ2) is 21.4. The molecule has 7 heteroatoms. The number of hydrogen-bond acceptors (Lipinski definition) is 7. The maximum Gasteiger partial charge on any atom is 0.150 e. The minimum atomic E-state index is 0.512. The quantitative estimate of drug-likeness (QED) is 0.258. The molecule has 0 unspecified atom stereocenters. The third kappa shape index (κ3) is 17.3. The zero-order valence-corrected chi connectivity index (χ0v) is 19.0. The summed E-state index contributed by atoms with van der Waals surface area (Å²) >= 11 is 0. The van der Waals surface area contributed by atoms with Crippen molar-refractivity contribution < 1.29 is 23.8 Å². The van der Waals surface area contributed by atoms with Crippen LogP contribution >= 0.6 is 0 Å². The van der Waals surface area contributed by atoms with E-state index in [2.05, 4.69) is 6.58 Å². The third-order valence-electron chi connectivity index (χ3n) is 3.30.